The molecule has 0 aliphatic carbocycles. The molecule has 1 heterocycles. The van der Waals surface area contributed by atoms with Gasteiger partial charge in [0.2, 0.25) is 5.91 Å². The highest BCUT2D eigenvalue weighted by atomic mass is 32.2. The summed E-state index contributed by atoms with van der Waals surface area (Å²) in [5.74, 6) is -0.521. The highest BCUT2D eigenvalue weighted by Gasteiger charge is 2.41. The van der Waals surface area contributed by atoms with E-state index in [1.807, 2.05) is 19.1 Å². The van der Waals surface area contributed by atoms with Gasteiger partial charge in [-0.15, -0.1) is 0 Å². The number of hydrogen-bond acceptors (Lipinski definition) is 5. The standard InChI is InChI=1S/C19H20N2O5S/c1-3-16(13-8-10-14(26-2)11-9-13)20-18(22)12-21-19(23)15-6-4-5-7-17(15)27(21,24)25/h4-11,16H,3,12H2,1-2H3,(H,20,22). The number of benzene rings is 2. The number of carbonyl (C=O) groups is 2. The zero-order valence-corrected chi connectivity index (χ0v) is 15.8. The Morgan fingerprint density at radius 2 is 1.81 bits per heavy atom. The van der Waals surface area contributed by atoms with Crippen LogP contribution in [0.1, 0.15) is 35.3 Å². The number of carbonyl (C=O) groups excluding carboxylic acids is 2. The molecule has 2 aromatic rings. The number of rotatable bonds is 6. The summed E-state index contributed by atoms with van der Waals surface area (Å²) in [6.45, 7) is 1.35. The second-order valence-corrected chi connectivity index (χ2v) is 7.95. The minimum atomic E-state index is -4.00. The molecule has 0 radical (unpaired) electrons. The van der Waals surface area contributed by atoms with Crippen LogP contribution in [0.3, 0.4) is 0 Å². The number of ether oxygens (including phenoxy) is 1. The van der Waals surface area contributed by atoms with Gasteiger partial charge in [0, 0.05) is 0 Å². The number of amides is 2. The Morgan fingerprint density at radius 3 is 2.41 bits per heavy atom. The van der Waals surface area contributed by atoms with Crippen molar-refractivity contribution in [2.45, 2.75) is 24.3 Å². The second kappa shape index (κ2) is 7.40. The zero-order chi connectivity index (χ0) is 19.6. The Labute approximate surface area is 158 Å². The molecule has 3 rings (SSSR count). The molecule has 7 nitrogen and oxygen atoms in total. The lowest BCUT2D eigenvalue weighted by Gasteiger charge is -2.20. The monoisotopic (exact) mass is 388 g/mol. The van der Waals surface area contributed by atoms with Gasteiger partial charge in [-0.05, 0) is 36.2 Å². The molecule has 0 spiro atoms. The van der Waals surface area contributed by atoms with E-state index in [1.165, 1.54) is 12.1 Å². The number of sulfonamides is 1. The van der Waals surface area contributed by atoms with Gasteiger partial charge in [0.25, 0.3) is 15.9 Å². The van der Waals surface area contributed by atoms with Crippen molar-refractivity contribution in [2.24, 2.45) is 0 Å². The lowest BCUT2D eigenvalue weighted by Crippen LogP contribution is -2.41. The molecule has 2 amide bonds. The summed E-state index contributed by atoms with van der Waals surface area (Å²) < 4.78 is 30.8. The van der Waals surface area contributed by atoms with Gasteiger partial charge in [-0.25, -0.2) is 12.7 Å². The first kappa shape index (κ1) is 18.9. The molecular weight excluding hydrogens is 368 g/mol. The van der Waals surface area contributed by atoms with Crippen LogP contribution in [-0.4, -0.2) is 38.2 Å². The Bertz CT molecular complexity index is 970. The molecule has 0 aromatic heterocycles. The average molecular weight is 388 g/mol. The van der Waals surface area contributed by atoms with Crippen molar-refractivity contribution in [3.8, 4) is 5.75 Å². The Hall–Kier alpha value is -2.87. The van der Waals surface area contributed by atoms with E-state index in [2.05, 4.69) is 5.32 Å². The van der Waals surface area contributed by atoms with Crippen LogP contribution >= 0.6 is 0 Å². The van der Waals surface area contributed by atoms with Crippen LogP contribution in [0.2, 0.25) is 0 Å². The van der Waals surface area contributed by atoms with E-state index in [0.29, 0.717) is 16.5 Å². The van der Waals surface area contributed by atoms with E-state index >= 15 is 0 Å². The Balaban J connectivity index is 1.74. The van der Waals surface area contributed by atoms with Crippen molar-refractivity contribution in [1.29, 1.82) is 0 Å². The van der Waals surface area contributed by atoms with E-state index in [0.717, 1.165) is 5.56 Å². The predicted octanol–water partition coefficient (Wildman–Crippen LogP) is 2.11. The third-order valence-electron chi connectivity index (χ3n) is 4.46. The molecule has 8 heteroatoms. The molecule has 0 bridgehead atoms. The summed E-state index contributed by atoms with van der Waals surface area (Å²) >= 11 is 0. The fourth-order valence-electron chi connectivity index (χ4n) is 3.01. The van der Waals surface area contributed by atoms with Gasteiger partial charge >= 0.3 is 0 Å². The number of nitrogens with one attached hydrogen (secondary N) is 1. The van der Waals surface area contributed by atoms with Gasteiger partial charge in [-0.1, -0.05) is 31.2 Å². The van der Waals surface area contributed by atoms with E-state index in [1.54, 1.807) is 31.4 Å². The van der Waals surface area contributed by atoms with Crippen LogP contribution in [0.25, 0.3) is 0 Å². The maximum atomic E-state index is 12.5. The van der Waals surface area contributed by atoms with Gasteiger partial charge in [0.1, 0.15) is 17.2 Å². The van der Waals surface area contributed by atoms with Gasteiger partial charge in [0.05, 0.1) is 18.7 Å². The summed E-state index contributed by atoms with van der Waals surface area (Å²) in [6.07, 6.45) is 0.610. The maximum absolute atomic E-state index is 12.5. The molecule has 2 aromatic carbocycles. The molecule has 0 saturated carbocycles. The number of hydrogen-bond donors (Lipinski definition) is 1. The van der Waals surface area contributed by atoms with Crippen molar-refractivity contribution < 1.29 is 22.7 Å². The van der Waals surface area contributed by atoms with Crippen molar-refractivity contribution in [3.63, 3.8) is 0 Å². The molecule has 27 heavy (non-hydrogen) atoms. The van der Waals surface area contributed by atoms with Gasteiger partial charge < -0.3 is 10.1 Å². The molecule has 0 fully saturated rings. The lowest BCUT2D eigenvalue weighted by molar-refractivity contribution is -0.121. The minimum absolute atomic E-state index is 0.0648. The smallest absolute Gasteiger partial charge is 0.269 e. The average Bonchev–Trinajstić information content (AvgIpc) is 2.87. The predicted molar refractivity (Wildman–Crippen MR) is 98.8 cm³/mol. The fourth-order valence-corrected chi connectivity index (χ4v) is 4.54. The maximum Gasteiger partial charge on any atom is 0.269 e. The minimum Gasteiger partial charge on any atom is -0.497 e. The van der Waals surface area contributed by atoms with Crippen LogP contribution in [-0.2, 0) is 14.8 Å². The highest BCUT2D eigenvalue weighted by molar-refractivity contribution is 7.90. The van der Waals surface area contributed by atoms with Crippen molar-refractivity contribution in [2.75, 3.05) is 13.7 Å². The summed E-state index contributed by atoms with van der Waals surface area (Å²) in [4.78, 5) is 24.8. The molecule has 1 aliphatic rings. The van der Waals surface area contributed by atoms with Gasteiger partial charge in [-0.2, -0.15) is 0 Å². The van der Waals surface area contributed by atoms with Gasteiger partial charge in [0.15, 0.2) is 0 Å². The quantitative estimate of drug-likeness (QED) is 0.818. The summed E-state index contributed by atoms with van der Waals surface area (Å²) in [7, 11) is -2.43. The Kier molecular flexibility index (Phi) is 5.18. The summed E-state index contributed by atoms with van der Waals surface area (Å²) in [5.41, 5.74) is 0.957. The third-order valence-corrected chi connectivity index (χ3v) is 6.25. The lowest BCUT2D eigenvalue weighted by atomic mass is 10.0. The summed E-state index contributed by atoms with van der Waals surface area (Å²) in [5, 5.41) is 2.79. The molecule has 1 unspecified atom stereocenters. The Morgan fingerprint density at radius 1 is 1.15 bits per heavy atom. The third kappa shape index (κ3) is 3.52. The van der Waals surface area contributed by atoms with E-state index in [9.17, 15) is 18.0 Å². The largest absolute Gasteiger partial charge is 0.497 e. The van der Waals surface area contributed by atoms with Crippen LogP contribution in [0.4, 0.5) is 0 Å². The van der Waals surface area contributed by atoms with E-state index in [-0.39, 0.29) is 16.5 Å². The highest BCUT2D eigenvalue weighted by Crippen LogP contribution is 2.29. The van der Waals surface area contributed by atoms with Crippen molar-refractivity contribution in [3.05, 3.63) is 59.7 Å². The van der Waals surface area contributed by atoms with Crippen molar-refractivity contribution in [1.82, 2.24) is 9.62 Å². The van der Waals surface area contributed by atoms with Crippen LogP contribution < -0.4 is 10.1 Å². The van der Waals surface area contributed by atoms with Crippen LogP contribution in [0, 0.1) is 0 Å². The van der Waals surface area contributed by atoms with Crippen LogP contribution in [0.5, 0.6) is 5.75 Å². The fraction of sp³-hybridized carbons (Fsp3) is 0.263. The second-order valence-electron chi connectivity index (χ2n) is 6.11. The van der Waals surface area contributed by atoms with Crippen LogP contribution in [0.15, 0.2) is 53.4 Å². The SMILES string of the molecule is CCC(NC(=O)CN1C(=O)c2ccccc2S1(=O)=O)c1ccc(OC)cc1. The zero-order valence-electron chi connectivity index (χ0n) is 15.0. The number of methoxy groups -OCH3 is 1. The topological polar surface area (TPSA) is 92.8 Å². The molecule has 142 valence electrons. The first-order chi connectivity index (χ1) is 12.9. The molecule has 1 N–H and O–H groups in total. The summed E-state index contributed by atoms with van der Waals surface area (Å²) in [6, 6.07) is 12.9. The van der Waals surface area contributed by atoms with E-state index in [4.69, 9.17) is 4.74 Å². The molecule has 1 atom stereocenters. The van der Waals surface area contributed by atoms with Gasteiger partial charge in [-0.3, -0.25) is 9.59 Å². The first-order valence-corrected chi connectivity index (χ1v) is 9.92. The molecule has 0 saturated heterocycles. The number of nitrogens with zero attached hydrogens (tertiary/aromatic N) is 1. The first-order valence-electron chi connectivity index (χ1n) is 8.48. The van der Waals surface area contributed by atoms with E-state index < -0.39 is 28.4 Å². The number of fused-ring (bicyclic) bond motifs is 1. The van der Waals surface area contributed by atoms with Crippen molar-refractivity contribution >= 4 is 21.8 Å². The molecule has 1 aliphatic heterocycles. The molecular formula is C19H20N2O5S. The normalized spacial score (nSPS) is 15.9.